The van der Waals surface area contributed by atoms with Crippen molar-refractivity contribution in [1.29, 1.82) is 0 Å². The van der Waals surface area contributed by atoms with Gasteiger partial charge in [0, 0.05) is 5.41 Å². The third-order valence-corrected chi connectivity index (χ3v) is 17.3. The van der Waals surface area contributed by atoms with Crippen molar-refractivity contribution in [1.82, 2.24) is 15.0 Å². The van der Waals surface area contributed by atoms with E-state index in [1.165, 1.54) is 5.57 Å². The summed E-state index contributed by atoms with van der Waals surface area (Å²) in [6, 6.07) is 6.55. The second-order valence-corrected chi connectivity index (χ2v) is 21.7. The average molecular weight is 788 g/mol. The number of aromatic carboxylic acids is 1. The number of hydrogen-bond acceptors (Lipinski definition) is 9. The van der Waals surface area contributed by atoms with Gasteiger partial charge in [-0.2, -0.15) is 0 Å². The van der Waals surface area contributed by atoms with Gasteiger partial charge >= 0.3 is 5.97 Å². The predicted molar refractivity (Wildman–Crippen MR) is 212 cm³/mol. The Morgan fingerprint density at radius 1 is 0.877 bits per heavy atom. The van der Waals surface area contributed by atoms with E-state index in [0.717, 1.165) is 51.6 Å². The third kappa shape index (κ3) is 5.68. The fourth-order valence-electron chi connectivity index (χ4n) is 14.3. The molecule has 12 atom stereocenters. The lowest BCUT2D eigenvalue weighted by molar-refractivity contribution is -0.405. The number of carboxylic acids is 1. The molecule has 11 nitrogen and oxygen atoms in total. The van der Waals surface area contributed by atoms with Gasteiger partial charge in [0.05, 0.1) is 67.1 Å². The van der Waals surface area contributed by atoms with Gasteiger partial charge in [-0.15, -0.1) is 5.10 Å². The molecule has 2 aliphatic heterocycles. The fourth-order valence-corrected chi connectivity index (χ4v) is 14.3. The minimum absolute atomic E-state index is 0.0191. The maximum atomic E-state index is 12.3. The molecule has 2 aromatic rings. The van der Waals surface area contributed by atoms with Gasteiger partial charge in [-0.25, -0.2) is 9.48 Å². The summed E-state index contributed by atoms with van der Waals surface area (Å²) in [6.45, 7) is 24.1. The van der Waals surface area contributed by atoms with Crippen molar-refractivity contribution in [3.05, 3.63) is 53.4 Å². The first-order valence-corrected chi connectivity index (χ1v) is 21.5. The van der Waals surface area contributed by atoms with Crippen LogP contribution in [-0.4, -0.2) is 80.4 Å². The number of fused-ring (bicyclic) bond motifs is 8. The lowest BCUT2D eigenvalue weighted by Crippen LogP contribution is -2.76. The number of carboxylic acid groups (broad SMARTS) is 1. The van der Waals surface area contributed by atoms with Crippen LogP contribution in [0, 0.1) is 50.2 Å². The molecule has 2 N–H and O–H groups in total. The first-order chi connectivity index (χ1) is 26.6. The molecule has 0 spiro atoms. The van der Waals surface area contributed by atoms with Crippen molar-refractivity contribution in [3.63, 3.8) is 0 Å². The van der Waals surface area contributed by atoms with Gasteiger partial charge in [0.2, 0.25) is 0 Å². The van der Waals surface area contributed by atoms with Crippen LogP contribution in [0.1, 0.15) is 130 Å². The molecule has 2 saturated heterocycles. The van der Waals surface area contributed by atoms with Crippen LogP contribution in [0.4, 0.5) is 0 Å². The van der Waals surface area contributed by atoms with Gasteiger partial charge < -0.3 is 33.9 Å². The van der Waals surface area contributed by atoms with E-state index in [0.29, 0.717) is 29.8 Å². The van der Waals surface area contributed by atoms with Crippen LogP contribution >= 0.6 is 0 Å². The highest BCUT2D eigenvalue weighted by atomic mass is 16.7. The molecule has 5 aliphatic carbocycles. The number of benzene rings is 1. The van der Waals surface area contributed by atoms with Gasteiger partial charge in [0.15, 0.2) is 11.6 Å². The summed E-state index contributed by atoms with van der Waals surface area (Å²) in [5.41, 5.74) is 2.13. The smallest absolute Gasteiger partial charge is 0.335 e. The molecule has 0 radical (unpaired) electrons. The zero-order valence-electron chi connectivity index (χ0n) is 35.8. The Bertz CT molecular complexity index is 1960. The molecule has 0 bridgehead atoms. The fraction of sp³-hybridized carbons (Fsp3) is 0.761. The number of aromatic nitrogens is 3. The molecular weight excluding hydrogens is 723 g/mol. The number of aliphatic hydroxyl groups excluding tert-OH is 1. The van der Waals surface area contributed by atoms with E-state index < -0.39 is 40.6 Å². The van der Waals surface area contributed by atoms with Gasteiger partial charge in [-0.05, 0) is 136 Å². The number of allylic oxidation sites excluding steroid dienone is 2. The molecule has 11 heteroatoms. The molecule has 9 rings (SSSR count). The van der Waals surface area contributed by atoms with E-state index in [1.807, 2.05) is 20.0 Å². The Balaban J connectivity index is 1.05. The molecular formula is C46H65N3O8. The molecule has 57 heavy (non-hydrogen) atoms. The Morgan fingerprint density at radius 2 is 1.60 bits per heavy atom. The van der Waals surface area contributed by atoms with Crippen LogP contribution in [0.5, 0.6) is 0 Å². The molecule has 1 aromatic carbocycles. The first kappa shape index (κ1) is 39.8. The Labute approximate surface area is 338 Å². The van der Waals surface area contributed by atoms with Gasteiger partial charge in [0.25, 0.3) is 0 Å². The van der Waals surface area contributed by atoms with Crippen LogP contribution in [-0.2, 0) is 30.3 Å². The second kappa shape index (κ2) is 12.7. The molecule has 0 amide bonds. The third-order valence-electron chi connectivity index (χ3n) is 17.3. The Hall–Kier alpha value is -2.67. The molecule has 7 aliphatic rings. The minimum Gasteiger partial charge on any atom is -0.478 e. The topological polar surface area (TPSA) is 134 Å². The summed E-state index contributed by atoms with van der Waals surface area (Å²) in [5, 5.41) is 30.3. The van der Waals surface area contributed by atoms with Crippen molar-refractivity contribution < 1.29 is 38.7 Å². The van der Waals surface area contributed by atoms with Crippen LogP contribution < -0.4 is 0 Å². The Kier molecular flexibility index (Phi) is 8.85. The first-order valence-electron chi connectivity index (χ1n) is 21.5. The van der Waals surface area contributed by atoms with E-state index >= 15 is 0 Å². The van der Waals surface area contributed by atoms with Gasteiger partial charge in [-0.1, -0.05) is 58.4 Å². The summed E-state index contributed by atoms with van der Waals surface area (Å²) in [7, 11) is 0. The maximum absolute atomic E-state index is 12.3. The molecule has 6 fully saturated rings. The summed E-state index contributed by atoms with van der Waals surface area (Å²) >= 11 is 0. The molecule has 312 valence electrons. The van der Waals surface area contributed by atoms with E-state index in [9.17, 15) is 15.0 Å². The maximum Gasteiger partial charge on any atom is 0.335 e. The van der Waals surface area contributed by atoms with Crippen molar-refractivity contribution >= 4 is 5.97 Å². The van der Waals surface area contributed by atoms with Gasteiger partial charge in [-0.3, -0.25) is 0 Å². The number of ether oxygens (including phenoxy) is 5. The lowest BCUT2D eigenvalue weighted by Gasteiger charge is -2.74. The van der Waals surface area contributed by atoms with E-state index in [1.54, 1.807) is 28.9 Å². The zero-order valence-corrected chi connectivity index (χ0v) is 35.8. The lowest BCUT2D eigenvalue weighted by atomic mass is 9.33. The van der Waals surface area contributed by atoms with Crippen molar-refractivity contribution in [2.24, 2.45) is 50.2 Å². The van der Waals surface area contributed by atoms with Crippen molar-refractivity contribution in [2.75, 3.05) is 13.2 Å². The van der Waals surface area contributed by atoms with Crippen LogP contribution in [0.3, 0.4) is 0 Å². The minimum atomic E-state index is -0.974. The van der Waals surface area contributed by atoms with Gasteiger partial charge in [0.1, 0.15) is 5.69 Å². The number of aliphatic hydroxyl groups is 1. The van der Waals surface area contributed by atoms with Crippen molar-refractivity contribution in [3.8, 4) is 5.69 Å². The second-order valence-electron chi connectivity index (χ2n) is 21.7. The standard InChI is InChI=1S/C46H65N3O8/c1-39(2)21-31-30-15-16-33-42(7)19-18-34-43(8,25-54-40(3,4)55-34)32(42)17-20-44(33,9)45(30,10)22-35-46(31,37(36(39)50)57-41(5,6)56-35)26-53-24-28-23-49(48-47-28)29-13-11-27(12-14-29)38(51)52/h11-15,23,31-37,50H,16-22,24-26H2,1-10H3,(H,51,52)/t31?,32?,33?,34-,35+,36-,37-,42-,43+,44+,45+,46-/m0/s1. The number of rotatable bonds is 6. The number of nitrogens with zero attached hydrogens (tertiary/aromatic N) is 3. The highest BCUT2D eigenvalue weighted by Crippen LogP contribution is 2.77. The SMILES string of the molecule is CC1(C)OC[C@]2(C)C3CC[C@]4(C)C(CC=C5C6CC(C)(C)[C@@H](O)[C@@H]7OC(C)(C)O[C@H](C[C@]54C)[C@]67COCc4cn(-c5ccc(C(=O)O)cc5)nn4)[C@@]3(C)CC[C@@H]2O1. The molecule has 3 unspecified atom stereocenters. The average Bonchev–Trinajstić information content (AvgIpc) is 3.60. The monoisotopic (exact) mass is 787 g/mol. The van der Waals surface area contributed by atoms with Crippen LogP contribution in [0.15, 0.2) is 42.1 Å². The highest BCUT2D eigenvalue weighted by Gasteiger charge is 2.75. The normalized spacial score (nSPS) is 45.0. The summed E-state index contributed by atoms with van der Waals surface area (Å²) in [4.78, 5) is 11.4. The molecule has 4 saturated carbocycles. The summed E-state index contributed by atoms with van der Waals surface area (Å²) in [6.07, 6.45) is 10.5. The number of carbonyl (C=O) groups is 1. The summed E-state index contributed by atoms with van der Waals surface area (Å²) < 4.78 is 35.5. The van der Waals surface area contributed by atoms with E-state index in [-0.39, 0.29) is 52.0 Å². The molecule has 3 heterocycles. The summed E-state index contributed by atoms with van der Waals surface area (Å²) in [5.74, 6) is -1.29. The predicted octanol–water partition coefficient (Wildman–Crippen LogP) is 8.13. The zero-order chi connectivity index (χ0) is 40.8. The van der Waals surface area contributed by atoms with E-state index in [2.05, 4.69) is 71.8 Å². The van der Waals surface area contributed by atoms with E-state index in [4.69, 9.17) is 23.7 Å². The van der Waals surface area contributed by atoms with Crippen LogP contribution in [0.2, 0.25) is 0 Å². The Morgan fingerprint density at radius 3 is 2.32 bits per heavy atom. The van der Waals surface area contributed by atoms with Crippen molar-refractivity contribution in [2.45, 2.75) is 157 Å². The largest absolute Gasteiger partial charge is 0.478 e. The highest BCUT2D eigenvalue weighted by molar-refractivity contribution is 5.87. The van der Waals surface area contributed by atoms with Crippen LogP contribution in [0.25, 0.3) is 5.69 Å². The quantitative estimate of drug-likeness (QED) is 0.277. The molecule has 1 aromatic heterocycles. The number of hydrogen-bond donors (Lipinski definition) is 2.